The summed E-state index contributed by atoms with van der Waals surface area (Å²) in [6.45, 7) is 2.10. The number of H-pyrrole nitrogens is 1. The number of rotatable bonds is 6. The Morgan fingerprint density at radius 1 is 1.23 bits per heavy atom. The van der Waals surface area contributed by atoms with Crippen LogP contribution < -0.4 is 21.3 Å². The molecule has 0 spiro atoms. The summed E-state index contributed by atoms with van der Waals surface area (Å²) in [6.07, 6.45) is 1.13. The molecule has 4 aromatic rings. The zero-order valence-corrected chi connectivity index (χ0v) is 18.3. The third-order valence-corrected chi connectivity index (χ3v) is 6.78. The Morgan fingerprint density at radius 3 is 2.77 bits per heavy atom. The highest BCUT2D eigenvalue weighted by Gasteiger charge is 2.18. The summed E-state index contributed by atoms with van der Waals surface area (Å²) in [5, 5.41) is 5.62. The largest absolute Gasteiger partial charge is 0.495 e. The zero-order valence-electron chi connectivity index (χ0n) is 16.7. The van der Waals surface area contributed by atoms with Crippen molar-refractivity contribution in [3.8, 4) is 21.3 Å². The van der Waals surface area contributed by atoms with Crippen LogP contribution in [0, 0.1) is 6.92 Å². The Morgan fingerprint density at radius 2 is 2.03 bits per heavy atom. The summed E-state index contributed by atoms with van der Waals surface area (Å²) in [6, 6.07) is 10.6. The average molecular weight is 455 g/mol. The zero-order chi connectivity index (χ0) is 22.0. The van der Waals surface area contributed by atoms with E-state index in [0.717, 1.165) is 31.2 Å². The number of aryl methyl sites for hydroxylation is 1. The molecule has 2 N–H and O–H groups in total. The molecule has 0 unspecified atom stereocenters. The van der Waals surface area contributed by atoms with Gasteiger partial charge in [0.1, 0.15) is 16.3 Å². The lowest BCUT2D eigenvalue weighted by molar-refractivity contribution is 0.0949. The first-order chi connectivity index (χ1) is 15.0. The molecular weight excluding hydrogens is 436 g/mol. The van der Waals surface area contributed by atoms with Gasteiger partial charge in [0.05, 0.1) is 29.9 Å². The molecule has 0 saturated heterocycles. The number of carbonyl (C=O) groups excluding carboxylic acids is 1. The van der Waals surface area contributed by atoms with E-state index in [1.54, 1.807) is 35.6 Å². The second-order valence-electron chi connectivity index (χ2n) is 6.51. The van der Waals surface area contributed by atoms with E-state index in [2.05, 4.69) is 15.3 Å². The van der Waals surface area contributed by atoms with Crippen molar-refractivity contribution in [2.45, 2.75) is 13.5 Å². The molecule has 0 atom stereocenters. The topological polar surface area (TPSA) is 106 Å². The quantitative estimate of drug-likeness (QED) is 0.466. The normalized spacial score (nSPS) is 10.8. The number of ether oxygens (including phenoxy) is 1. The van der Waals surface area contributed by atoms with Gasteiger partial charge in [-0.15, -0.1) is 22.7 Å². The number of benzene rings is 1. The smallest absolute Gasteiger partial charge is 0.333 e. The number of hydrogen-bond acceptors (Lipinski definition) is 7. The molecule has 31 heavy (non-hydrogen) atoms. The van der Waals surface area contributed by atoms with Gasteiger partial charge < -0.3 is 15.0 Å². The molecule has 1 amide bonds. The monoisotopic (exact) mass is 454 g/mol. The van der Waals surface area contributed by atoms with Crippen LogP contribution in [-0.2, 0) is 6.54 Å². The number of para-hydroxylation sites is 2. The first-order valence-corrected chi connectivity index (χ1v) is 11.0. The van der Waals surface area contributed by atoms with Gasteiger partial charge in [0, 0.05) is 11.1 Å². The Bertz CT molecular complexity index is 1350. The van der Waals surface area contributed by atoms with E-state index in [9.17, 15) is 14.4 Å². The first-order valence-electron chi connectivity index (χ1n) is 9.26. The molecule has 0 saturated carbocycles. The standard InChI is InChI=1S/C21H18N4O4S2/c1-12-17(31-19(24-12)16-8-5-9-30-16)11-22-18(26)13-10-23-21(28)25(20(13)27)14-6-3-4-7-15(14)29-2/h3-10H,11H2,1-2H3,(H,22,26)(H,23,28). The van der Waals surface area contributed by atoms with E-state index in [0.29, 0.717) is 5.75 Å². The Hall–Kier alpha value is -3.50. The molecule has 0 aliphatic rings. The number of methoxy groups -OCH3 is 1. The van der Waals surface area contributed by atoms with Crippen molar-refractivity contribution in [1.82, 2.24) is 19.9 Å². The fraction of sp³-hybridized carbons (Fsp3) is 0.143. The van der Waals surface area contributed by atoms with Gasteiger partial charge in [-0.1, -0.05) is 18.2 Å². The number of aromatic nitrogens is 3. The summed E-state index contributed by atoms with van der Waals surface area (Å²) in [4.78, 5) is 47.0. The van der Waals surface area contributed by atoms with Gasteiger partial charge in [0.2, 0.25) is 0 Å². The van der Waals surface area contributed by atoms with Gasteiger partial charge in [-0.2, -0.15) is 0 Å². The predicted molar refractivity (Wildman–Crippen MR) is 121 cm³/mol. The lowest BCUT2D eigenvalue weighted by Crippen LogP contribution is -2.39. The van der Waals surface area contributed by atoms with E-state index in [4.69, 9.17) is 4.74 Å². The third kappa shape index (κ3) is 4.07. The number of carbonyl (C=O) groups is 1. The van der Waals surface area contributed by atoms with Crippen molar-refractivity contribution < 1.29 is 9.53 Å². The van der Waals surface area contributed by atoms with Crippen LogP contribution in [0.4, 0.5) is 0 Å². The third-order valence-electron chi connectivity index (χ3n) is 4.58. The minimum absolute atomic E-state index is 0.175. The van der Waals surface area contributed by atoms with Gasteiger partial charge in [-0.05, 0) is 30.5 Å². The predicted octanol–water partition coefficient (Wildman–Crippen LogP) is 2.96. The lowest BCUT2D eigenvalue weighted by Gasteiger charge is -2.11. The van der Waals surface area contributed by atoms with Crippen molar-refractivity contribution in [2.24, 2.45) is 0 Å². The second-order valence-corrected chi connectivity index (χ2v) is 8.54. The van der Waals surface area contributed by atoms with Crippen LogP contribution in [0.5, 0.6) is 5.75 Å². The summed E-state index contributed by atoms with van der Waals surface area (Å²) in [5.74, 6) is -0.246. The van der Waals surface area contributed by atoms with Gasteiger partial charge >= 0.3 is 5.69 Å². The second kappa shape index (κ2) is 8.70. The molecule has 3 aromatic heterocycles. The van der Waals surface area contributed by atoms with Crippen LogP contribution in [-0.4, -0.2) is 27.6 Å². The van der Waals surface area contributed by atoms with Crippen LogP contribution in [0.1, 0.15) is 20.9 Å². The molecule has 3 heterocycles. The summed E-state index contributed by atoms with van der Waals surface area (Å²) < 4.78 is 6.13. The number of amides is 1. The molecule has 158 valence electrons. The highest BCUT2D eigenvalue weighted by atomic mass is 32.1. The summed E-state index contributed by atoms with van der Waals surface area (Å²) in [7, 11) is 1.44. The van der Waals surface area contributed by atoms with Gasteiger partial charge in [-0.25, -0.2) is 14.3 Å². The van der Waals surface area contributed by atoms with Crippen molar-refractivity contribution in [2.75, 3.05) is 7.11 Å². The minimum atomic E-state index is -0.731. The van der Waals surface area contributed by atoms with E-state index in [1.807, 2.05) is 24.4 Å². The number of hydrogen-bond donors (Lipinski definition) is 2. The van der Waals surface area contributed by atoms with Crippen LogP contribution in [0.3, 0.4) is 0 Å². The van der Waals surface area contributed by atoms with E-state index < -0.39 is 17.2 Å². The van der Waals surface area contributed by atoms with Crippen LogP contribution in [0.2, 0.25) is 0 Å². The maximum atomic E-state index is 13.0. The van der Waals surface area contributed by atoms with E-state index in [1.165, 1.54) is 18.4 Å². The molecule has 8 nitrogen and oxygen atoms in total. The fourth-order valence-electron chi connectivity index (χ4n) is 3.02. The molecule has 0 radical (unpaired) electrons. The van der Waals surface area contributed by atoms with Crippen LogP contribution in [0.15, 0.2) is 57.6 Å². The molecule has 10 heteroatoms. The molecule has 0 bridgehead atoms. The molecule has 1 aromatic carbocycles. The SMILES string of the molecule is COc1ccccc1-n1c(=O)[nH]cc(C(=O)NCc2sc(-c3cccs3)nc2C)c1=O. The van der Waals surface area contributed by atoms with Crippen LogP contribution in [0.25, 0.3) is 15.6 Å². The fourth-order valence-corrected chi connectivity index (χ4v) is 4.82. The first kappa shape index (κ1) is 20.8. The van der Waals surface area contributed by atoms with Crippen molar-refractivity contribution >= 4 is 28.6 Å². The van der Waals surface area contributed by atoms with Crippen molar-refractivity contribution in [1.29, 1.82) is 0 Å². The number of thiazole rings is 1. The Balaban J connectivity index is 1.60. The number of nitrogens with one attached hydrogen (secondary N) is 2. The Labute approximate surface area is 184 Å². The molecule has 0 aliphatic carbocycles. The van der Waals surface area contributed by atoms with Crippen molar-refractivity contribution in [3.63, 3.8) is 0 Å². The maximum absolute atomic E-state index is 13.0. The highest BCUT2D eigenvalue weighted by Crippen LogP contribution is 2.31. The molecular formula is C21H18N4O4S2. The number of nitrogens with zero attached hydrogens (tertiary/aromatic N) is 2. The van der Waals surface area contributed by atoms with Crippen molar-refractivity contribution in [3.05, 3.63) is 84.9 Å². The van der Waals surface area contributed by atoms with E-state index in [-0.39, 0.29) is 17.8 Å². The van der Waals surface area contributed by atoms with Gasteiger partial charge in [-0.3, -0.25) is 9.59 Å². The number of thiophene rings is 1. The average Bonchev–Trinajstić information content (AvgIpc) is 3.42. The minimum Gasteiger partial charge on any atom is -0.495 e. The van der Waals surface area contributed by atoms with Gasteiger partial charge in [0.25, 0.3) is 11.5 Å². The van der Waals surface area contributed by atoms with E-state index >= 15 is 0 Å². The maximum Gasteiger partial charge on any atom is 0.333 e. The molecule has 4 rings (SSSR count). The van der Waals surface area contributed by atoms with Crippen LogP contribution >= 0.6 is 22.7 Å². The number of aromatic amines is 1. The van der Waals surface area contributed by atoms with Gasteiger partial charge in [0.15, 0.2) is 0 Å². The lowest BCUT2D eigenvalue weighted by atomic mass is 10.2. The highest BCUT2D eigenvalue weighted by molar-refractivity contribution is 7.21. The summed E-state index contributed by atoms with van der Waals surface area (Å²) in [5.41, 5.74) is -0.492. The molecule has 0 aliphatic heterocycles. The Kier molecular flexibility index (Phi) is 5.83. The molecule has 0 fully saturated rings. The summed E-state index contributed by atoms with van der Waals surface area (Å²) >= 11 is 3.09.